The Bertz CT molecular complexity index is 6.00. The zero-order valence-electron chi connectivity index (χ0n) is 2.06. The summed E-state index contributed by atoms with van der Waals surface area (Å²) in [6, 6.07) is 0. The molecule has 0 bridgehead atoms. The number of halogens is 2. The van der Waals surface area contributed by atoms with Crippen LogP contribution >= 0.6 is 40.7 Å². The van der Waals surface area contributed by atoms with Crippen molar-refractivity contribution in [3.63, 3.8) is 0 Å². The maximum atomic E-state index is 2.18. The Morgan fingerprint density at radius 3 is 1.25 bits per heavy atom. The summed E-state index contributed by atoms with van der Waals surface area (Å²) in [6.45, 7) is 0. The van der Waals surface area contributed by atoms with Crippen molar-refractivity contribution in [3.8, 4) is 0 Å². The summed E-state index contributed by atoms with van der Waals surface area (Å²) < 4.78 is 0. The molecule has 0 aromatic rings. The first-order chi connectivity index (χ1) is 1.41. The summed E-state index contributed by atoms with van der Waals surface area (Å²) in [5.41, 5.74) is 0. The van der Waals surface area contributed by atoms with Gasteiger partial charge in [-0.05, 0) is 0 Å². The molecule has 26 valence electrons. The molecule has 0 rings (SSSR count). The summed E-state index contributed by atoms with van der Waals surface area (Å²) in [5.74, 6) is 0. The van der Waals surface area contributed by atoms with Gasteiger partial charge < -0.3 is 0 Å². The van der Waals surface area contributed by atoms with Crippen molar-refractivity contribution in [1.82, 2.24) is 0 Å². The van der Waals surface area contributed by atoms with Crippen molar-refractivity contribution in [3.05, 3.63) is 0 Å². The van der Waals surface area contributed by atoms with Gasteiger partial charge in [0, 0.05) is 51.4 Å². The van der Waals surface area contributed by atoms with Crippen molar-refractivity contribution in [1.29, 1.82) is 0 Å². The molecule has 0 aromatic heterocycles. The summed E-state index contributed by atoms with van der Waals surface area (Å²) in [6.07, 6.45) is 0. The number of rotatable bonds is 0. The molecule has 0 spiro atoms. The van der Waals surface area contributed by atoms with E-state index in [1.165, 1.54) is 0 Å². The van der Waals surface area contributed by atoms with Crippen LogP contribution in [-0.4, -0.2) is 51.4 Å². The van der Waals surface area contributed by atoms with E-state index in [0.29, 0.717) is 0 Å². The minimum atomic E-state index is 0. The van der Waals surface area contributed by atoms with E-state index in [1.807, 2.05) is 0 Å². The maximum Gasteiger partial charge on any atom is 0 e. The molecule has 4 heteroatoms. The summed E-state index contributed by atoms with van der Waals surface area (Å²) in [4.78, 5) is 0. The quantitative estimate of drug-likeness (QED) is 0.455. The van der Waals surface area contributed by atoms with Crippen LogP contribution in [0.1, 0.15) is 0 Å². The molecule has 0 N–H and O–H groups in total. The molecule has 0 fully saturated rings. The first-order valence-electron chi connectivity index (χ1n) is 0.228. The van der Waals surface area contributed by atoms with Crippen molar-refractivity contribution in [2.45, 2.75) is 0 Å². The molecule has 0 aliphatic carbocycles. The van der Waals surface area contributed by atoms with Crippen LogP contribution in [-0.2, 0) is 8.46 Å². The molecule has 0 nitrogen and oxygen atoms in total. The Hall–Kier alpha value is 3.62. The maximum absolute atomic E-state index is 2.18. The fourth-order valence-electron chi connectivity index (χ4n) is 0. The molecule has 4 heavy (non-hydrogen) atoms. The SMILES string of the molecule is [I][Cu][I].[K]. The van der Waals surface area contributed by atoms with E-state index in [2.05, 4.69) is 40.7 Å². The third kappa shape index (κ3) is 9.15. The van der Waals surface area contributed by atoms with E-state index in [-0.39, 0.29) is 51.4 Å². The minimum Gasteiger partial charge on any atom is 0 e. The third-order valence-corrected chi connectivity index (χ3v) is 0. The van der Waals surface area contributed by atoms with E-state index in [0.717, 1.165) is 0 Å². The predicted molar refractivity (Wildman–Crippen MR) is 33.8 cm³/mol. The second kappa shape index (κ2) is 9.79. The monoisotopic (exact) mass is 356 g/mol. The van der Waals surface area contributed by atoms with Gasteiger partial charge in [-0.3, -0.25) is 0 Å². The van der Waals surface area contributed by atoms with Crippen molar-refractivity contribution in [2.75, 3.05) is 0 Å². The van der Waals surface area contributed by atoms with E-state index < -0.39 is 0 Å². The first kappa shape index (κ1) is 10.6. The van der Waals surface area contributed by atoms with E-state index >= 15 is 0 Å². The van der Waals surface area contributed by atoms with Gasteiger partial charge in [0.15, 0.2) is 0 Å². The van der Waals surface area contributed by atoms with Crippen LogP contribution in [0.15, 0.2) is 0 Å². The van der Waals surface area contributed by atoms with Gasteiger partial charge in [0.2, 0.25) is 0 Å². The van der Waals surface area contributed by atoms with Crippen LogP contribution in [0, 0.1) is 0 Å². The Labute approximate surface area is 97.3 Å². The van der Waals surface area contributed by atoms with Gasteiger partial charge in [0.05, 0.1) is 0 Å². The van der Waals surface area contributed by atoms with Gasteiger partial charge in [-0.1, -0.05) is 0 Å². The van der Waals surface area contributed by atoms with E-state index in [1.54, 1.807) is 8.46 Å². The molecule has 0 aliphatic heterocycles. The Kier molecular flexibility index (Phi) is 25.9. The molecular formula is CuI2K. The third-order valence-electron chi connectivity index (χ3n) is 0. The molecule has 0 saturated carbocycles. The molecule has 0 unspecified atom stereocenters. The average Bonchev–Trinajstić information content (AvgIpc) is 0.918. The zero-order chi connectivity index (χ0) is 2.71. The molecule has 0 aromatic carbocycles. The van der Waals surface area contributed by atoms with Crippen LogP contribution in [0.4, 0.5) is 0 Å². The molecule has 0 atom stereocenters. The smallest absolute Gasteiger partial charge is 0 e. The van der Waals surface area contributed by atoms with Crippen molar-refractivity contribution < 1.29 is 8.46 Å². The zero-order valence-corrected chi connectivity index (χ0v) is 10.4. The molecular weight excluding hydrogens is 356 g/mol. The second-order valence-electron chi connectivity index (χ2n) is 0.0431. The fourth-order valence-corrected chi connectivity index (χ4v) is 0. The molecule has 0 amide bonds. The summed E-state index contributed by atoms with van der Waals surface area (Å²) >= 11 is 4.36. The molecule has 0 aliphatic rings. The van der Waals surface area contributed by atoms with Crippen molar-refractivity contribution >= 4 is 92.1 Å². The average molecular weight is 356 g/mol. The van der Waals surface area contributed by atoms with Crippen LogP contribution in [0.2, 0.25) is 0 Å². The normalized spacial score (nSPS) is 5.50. The van der Waals surface area contributed by atoms with Crippen LogP contribution < -0.4 is 0 Å². The fraction of sp³-hybridized carbons (Fsp3) is 0. The standard InChI is InChI=1S/Cu.2HI.K/h;2*1H;/q+2;;;/p-2. The molecule has 0 heterocycles. The van der Waals surface area contributed by atoms with Gasteiger partial charge in [0.25, 0.3) is 0 Å². The predicted octanol–water partition coefficient (Wildman–Crippen LogP) is 1.39. The van der Waals surface area contributed by atoms with Crippen LogP contribution in [0.25, 0.3) is 0 Å². The first-order valence-corrected chi connectivity index (χ1v) is 6.30. The minimum absolute atomic E-state index is 0. The topological polar surface area (TPSA) is 0 Å². The van der Waals surface area contributed by atoms with Gasteiger partial charge in [-0.25, -0.2) is 0 Å². The largest absolute Gasteiger partial charge is 0 e. The van der Waals surface area contributed by atoms with Crippen molar-refractivity contribution in [2.24, 2.45) is 0 Å². The Balaban J connectivity index is 0. The summed E-state index contributed by atoms with van der Waals surface area (Å²) in [5, 5.41) is 0. The second-order valence-corrected chi connectivity index (χ2v) is 7.99. The van der Waals surface area contributed by atoms with Gasteiger partial charge in [0.1, 0.15) is 0 Å². The Morgan fingerprint density at radius 1 is 1.25 bits per heavy atom. The van der Waals surface area contributed by atoms with Gasteiger partial charge in [-0.15, -0.1) is 0 Å². The number of hydrogen-bond donors (Lipinski definition) is 0. The van der Waals surface area contributed by atoms with Crippen LogP contribution in [0.3, 0.4) is 0 Å². The molecule has 1 radical (unpaired) electrons. The van der Waals surface area contributed by atoms with E-state index in [4.69, 9.17) is 0 Å². The van der Waals surface area contributed by atoms with Gasteiger partial charge in [-0.2, -0.15) is 0 Å². The summed E-state index contributed by atoms with van der Waals surface area (Å²) in [7, 11) is 1.75. The Morgan fingerprint density at radius 2 is 1.25 bits per heavy atom. The van der Waals surface area contributed by atoms with Crippen LogP contribution in [0.5, 0.6) is 0 Å². The van der Waals surface area contributed by atoms with Gasteiger partial charge >= 0.3 is 49.1 Å². The number of hydrogen-bond acceptors (Lipinski definition) is 0. The van der Waals surface area contributed by atoms with E-state index in [9.17, 15) is 0 Å². The molecule has 0 saturated heterocycles.